The van der Waals surface area contributed by atoms with Crippen LogP contribution in [-0.4, -0.2) is 44.3 Å². The number of rotatable bonds is 12. The van der Waals surface area contributed by atoms with E-state index in [-0.39, 0.29) is 6.29 Å². The standard InChI is InChI=1S/C12H27NO3/c1-3-15-12(16-4-2)8-10-13-9-6-5-7-11-14/h12-14H,3-11H2,1-2H3. The van der Waals surface area contributed by atoms with E-state index in [1.807, 2.05) is 13.8 Å². The lowest BCUT2D eigenvalue weighted by Gasteiger charge is -2.16. The zero-order valence-electron chi connectivity index (χ0n) is 10.7. The molecule has 0 aromatic rings. The summed E-state index contributed by atoms with van der Waals surface area (Å²) in [5, 5.41) is 12.0. The quantitative estimate of drug-likeness (QED) is 0.396. The van der Waals surface area contributed by atoms with Gasteiger partial charge in [-0.05, 0) is 46.2 Å². The van der Waals surface area contributed by atoms with Gasteiger partial charge in [0.05, 0.1) is 0 Å². The maximum atomic E-state index is 8.61. The lowest BCUT2D eigenvalue weighted by Crippen LogP contribution is -2.25. The van der Waals surface area contributed by atoms with Crippen LogP contribution in [0, 0.1) is 0 Å². The second kappa shape index (κ2) is 12.9. The average Bonchev–Trinajstić information content (AvgIpc) is 2.28. The molecule has 0 rings (SSSR count). The van der Waals surface area contributed by atoms with E-state index in [4.69, 9.17) is 14.6 Å². The van der Waals surface area contributed by atoms with Crippen molar-refractivity contribution in [3.8, 4) is 0 Å². The Labute approximate surface area is 99.3 Å². The number of aliphatic hydroxyl groups is 1. The Bertz CT molecular complexity index is 127. The summed E-state index contributed by atoms with van der Waals surface area (Å²) in [6.07, 6.45) is 3.93. The van der Waals surface area contributed by atoms with E-state index < -0.39 is 0 Å². The smallest absolute Gasteiger partial charge is 0.158 e. The molecule has 2 N–H and O–H groups in total. The molecule has 4 heteroatoms. The fourth-order valence-electron chi connectivity index (χ4n) is 1.47. The van der Waals surface area contributed by atoms with Gasteiger partial charge in [-0.3, -0.25) is 0 Å². The SMILES string of the molecule is CCOC(CCNCCCCCO)OCC. The van der Waals surface area contributed by atoms with Crippen LogP contribution in [0.1, 0.15) is 39.5 Å². The van der Waals surface area contributed by atoms with Gasteiger partial charge in [0.2, 0.25) is 0 Å². The van der Waals surface area contributed by atoms with Crippen LogP contribution in [0.2, 0.25) is 0 Å². The van der Waals surface area contributed by atoms with Crippen LogP contribution in [0.5, 0.6) is 0 Å². The summed E-state index contributed by atoms with van der Waals surface area (Å²) in [5.74, 6) is 0. The molecule has 0 unspecified atom stereocenters. The van der Waals surface area contributed by atoms with Gasteiger partial charge >= 0.3 is 0 Å². The van der Waals surface area contributed by atoms with E-state index in [2.05, 4.69) is 5.32 Å². The molecule has 16 heavy (non-hydrogen) atoms. The molecular weight excluding hydrogens is 206 g/mol. The largest absolute Gasteiger partial charge is 0.396 e. The number of ether oxygens (including phenoxy) is 2. The Morgan fingerprint density at radius 2 is 1.69 bits per heavy atom. The van der Waals surface area contributed by atoms with E-state index in [0.717, 1.165) is 38.8 Å². The maximum Gasteiger partial charge on any atom is 0.158 e. The minimum atomic E-state index is -0.0695. The number of aliphatic hydroxyl groups excluding tert-OH is 1. The highest BCUT2D eigenvalue weighted by Crippen LogP contribution is 2.00. The van der Waals surface area contributed by atoms with E-state index >= 15 is 0 Å². The van der Waals surface area contributed by atoms with Gasteiger partial charge in [-0.2, -0.15) is 0 Å². The first-order valence-electron chi connectivity index (χ1n) is 6.39. The van der Waals surface area contributed by atoms with Gasteiger partial charge in [-0.15, -0.1) is 0 Å². The van der Waals surface area contributed by atoms with E-state index in [0.29, 0.717) is 19.8 Å². The maximum absolute atomic E-state index is 8.61. The van der Waals surface area contributed by atoms with Gasteiger partial charge in [0.1, 0.15) is 0 Å². The molecule has 0 aliphatic rings. The van der Waals surface area contributed by atoms with Crippen molar-refractivity contribution in [1.29, 1.82) is 0 Å². The molecule has 0 aromatic carbocycles. The van der Waals surface area contributed by atoms with E-state index in [9.17, 15) is 0 Å². The Morgan fingerprint density at radius 3 is 2.25 bits per heavy atom. The first kappa shape index (κ1) is 15.8. The lowest BCUT2D eigenvalue weighted by atomic mass is 10.2. The zero-order valence-corrected chi connectivity index (χ0v) is 10.7. The highest BCUT2D eigenvalue weighted by atomic mass is 16.7. The van der Waals surface area contributed by atoms with Gasteiger partial charge in [0, 0.05) is 26.2 Å². The summed E-state index contributed by atoms with van der Waals surface area (Å²) in [4.78, 5) is 0. The fraction of sp³-hybridized carbons (Fsp3) is 1.00. The Balaban J connectivity index is 3.25. The summed E-state index contributed by atoms with van der Waals surface area (Å²) < 4.78 is 10.9. The molecule has 4 nitrogen and oxygen atoms in total. The third-order valence-corrected chi connectivity index (χ3v) is 2.27. The molecule has 0 atom stereocenters. The molecule has 0 aliphatic heterocycles. The van der Waals surface area contributed by atoms with Crippen LogP contribution in [0.15, 0.2) is 0 Å². The van der Waals surface area contributed by atoms with Gasteiger partial charge in [0.15, 0.2) is 6.29 Å². The van der Waals surface area contributed by atoms with Crippen LogP contribution in [-0.2, 0) is 9.47 Å². The van der Waals surface area contributed by atoms with Gasteiger partial charge in [-0.25, -0.2) is 0 Å². The summed E-state index contributed by atoms with van der Waals surface area (Å²) in [7, 11) is 0. The average molecular weight is 233 g/mol. The summed E-state index contributed by atoms with van der Waals surface area (Å²) >= 11 is 0. The summed E-state index contributed by atoms with van der Waals surface area (Å²) in [6, 6.07) is 0. The van der Waals surface area contributed by atoms with Crippen molar-refractivity contribution in [3.63, 3.8) is 0 Å². The van der Waals surface area contributed by atoms with Crippen LogP contribution in [0.4, 0.5) is 0 Å². The van der Waals surface area contributed by atoms with E-state index in [1.165, 1.54) is 0 Å². The second-order valence-corrected chi connectivity index (χ2v) is 3.66. The van der Waals surface area contributed by atoms with Gasteiger partial charge in [0.25, 0.3) is 0 Å². The fourth-order valence-corrected chi connectivity index (χ4v) is 1.47. The minimum absolute atomic E-state index is 0.0695. The van der Waals surface area contributed by atoms with Crippen molar-refractivity contribution >= 4 is 0 Å². The molecule has 0 bridgehead atoms. The second-order valence-electron chi connectivity index (χ2n) is 3.66. The first-order chi connectivity index (χ1) is 7.85. The van der Waals surface area contributed by atoms with Gasteiger partial charge in [-0.1, -0.05) is 0 Å². The van der Waals surface area contributed by atoms with Crippen LogP contribution in [0.3, 0.4) is 0 Å². The highest BCUT2D eigenvalue weighted by molar-refractivity contribution is 4.52. The Hall–Kier alpha value is -0.160. The Morgan fingerprint density at radius 1 is 1.00 bits per heavy atom. The van der Waals surface area contributed by atoms with Crippen LogP contribution < -0.4 is 5.32 Å². The normalized spacial score (nSPS) is 11.2. The lowest BCUT2D eigenvalue weighted by molar-refractivity contribution is -0.138. The Kier molecular flexibility index (Phi) is 12.8. The highest BCUT2D eigenvalue weighted by Gasteiger charge is 2.06. The number of unbranched alkanes of at least 4 members (excludes halogenated alkanes) is 2. The number of hydrogen-bond donors (Lipinski definition) is 2. The predicted molar refractivity (Wildman–Crippen MR) is 65.5 cm³/mol. The molecule has 0 radical (unpaired) electrons. The van der Waals surface area contributed by atoms with Crippen molar-refractivity contribution in [2.45, 2.75) is 45.8 Å². The molecule has 0 fully saturated rings. The van der Waals surface area contributed by atoms with E-state index in [1.54, 1.807) is 0 Å². The molecule has 0 spiro atoms. The monoisotopic (exact) mass is 233 g/mol. The van der Waals surface area contributed by atoms with Crippen molar-refractivity contribution in [1.82, 2.24) is 5.32 Å². The predicted octanol–water partition coefficient (Wildman–Crippen LogP) is 1.53. The molecule has 0 saturated carbocycles. The summed E-state index contributed by atoms with van der Waals surface area (Å²) in [6.45, 7) is 7.58. The molecule has 0 saturated heterocycles. The third kappa shape index (κ3) is 10.4. The molecular formula is C12H27NO3. The van der Waals surface area contributed by atoms with Crippen molar-refractivity contribution in [3.05, 3.63) is 0 Å². The van der Waals surface area contributed by atoms with Crippen molar-refractivity contribution < 1.29 is 14.6 Å². The molecule has 0 heterocycles. The molecule has 0 aliphatic carbocycles. The van der Waals surface area contributed by atoms with Crippen LogP contribution >= 0.6 is 0 Å². The van der Waals surface area contributed by atoms with Crippen molar-refractivity contribution in [2.75, 3.05) is 32.9 Å². The van der Waals surface area contributed by atoms with Crippen LogP contribution in [0.25, 0.3) is 0 Å². The summed E-state index contributed by atoms with van der Waals surface area (Å²) in [5.41, 5.74) is 0. The van der Waals surface area contributed by atoms with Crippen molar-refractivity contribution in [2.24, 2.45) is 0 Å². The first-order valence-corrected chi connectivity index (χ1v) is 6.39. The molecule has 0 aromatic heterocycles. The number of hydrogen-bond acceptors (Lipinski definition) is 4. The molecule has 98 valence electrons. The minimum Gasteiger partial charge on any atom is -0.396 e. The molecule has 0 amide bonds. The topological polar surface area (TPSA) is 50.7 Å². The third-order valence-electron chi connectivity index (χ3n) is 2.27. The van der Waals surface area contributed by atoms with Gasteiger partial charge < -0.3 is 19.9 Å². The number of nitrogens with one attached hydrogen (secondary N) is 1. The zero-order chi connectivity index (χ0) is 12.1.